The maximum Gasteiger partial charge on any atom is 0.324 e. The average molecular weight is 522 g/mol. The van der Waals surface area contributed by atoms with Gasteiger partial charge in [-0.25, -0.2) is 0 Å². The Hall–Kier alpha value is -3.36. The summed E-state index contributed by atoms with van der Waals surface area (Å²) in [6.07, 6.45) is 8.22. The average Bonchev–Trinajstić information content (AvgIpc) is 3.47. The van der Waals surface area contributed by atoms with Crippen molar-refractivity contribution < 1.29 is 19.3 Å². The molecular weight excluding hydrogens is 482 g/mol. The third-order valence-electron chi connectivity index (χ3n) is 8.10. The first-order chi connectivity index (χ1) is 18.5. The molecule has 0 radical (unpaired) electrons. The van der Waals surface area contributed by atoms with Gasteiger partial charge >= 0.3 is 6.01 Å². The first kappa shape index (κ1) is 26.3. The van der Waals surface area contributed by atoms with Crippen molar-refractivity contribution in [2.75, 3.05) is 37.7 Å². The van der Waals surface area contributed by atoms with Crippen molar-refractivity contribution in [3.05, 3.63) is 41.7 Å². The van der Waals surface area contributed by atoms with Gasteiger partial charge in [-0.2, -0.15) is 4.98 Å². The van der Waals surface area contributed by atoms with Crippen LogP contribution in [0.1, 0.15) is 76.1 Å². The largest absolute Gasteiger partial charge is 0.493 e. The quantitative estimate of drug-likeness (QED) is 0.398. The predicted octanol–water partition coefficient (Wildman–Crippen LogP) is 5.12. The second-order valence-electron chi connectivity index (χ2n) is 11.0. The van der Waals surface area contributed by atoms with Gasteiger partial charge in [0.2, 0.25) is 5.91 Å². The van der Waals surface area contributed by atoms with Crippen LogP contribution >= 0.6 is 0 Å². The van der Waals surface area contributed by atoms with Crippen LogP contribution in [0.4, 0.5) is 6.01 Å². The van der Waals surface area contributed by atoms with Crippen molar-refractivity contribution in [3.8, 4) is 5.75 Å². The van der Waals surface area contributed by atoms with Gasteiger partial charge in [0, 0.05) is 50.9 Å². The van der Waals surface area contributed by atoms with Gasteiger partial charge in [-0.05, 0) is 61.3 Å². The number of rotatable bonds is 7. The van der Waals surface area contributed by atoms with Crippen molar-refractivity contribution in [3.63, 3.8) is 0 Å². The minimum absolute atomic E-state index is 0.0532. The molecule has 1 unspecified atom stereocenters. The number of aromatic nitrogens is 2. The molecule has 9 heteroatoms. The highest BCUT2D eigenvalue weighted by molar-refractivity contribution is 5.88. The number of benzene rings is 1. The van der Waals surface area contributed by atoms with Gasteiger partial charge in [-0.3, -0.25) is 4.79 Å². The summed E-state index contributed by atoms with van der Waals surface area (Å²) in [7, 11) is 0. The number of hydrogen-bond donors (Lipinski definition) is 1. The van der Waals surface area contributed by atoms with Gasteiger partial charge < -0.3 is 24.3 Å². The van der Waals surface area contributed by atoms with E-state index in [1.165, 1.54) is 11.1 Å². The lowest BCUT2D eigenvalue weighted by Crippen LogP contribution is -2.42. The van der Waals surface area contributed by atoms with E-state index in [9.17, 15) is 4.79 Å². The van der Waals surface area contributed by atoms with Crippen LogP contribution in [-0.2, 0) is 4.79 Å². The summed E-state index contributed by atoms with van der Waals surface area (Å²) in [6, 6.07) is 9.02. The highest BCUT2D eigenvalue weighted by Gasteiger charge is 2.29. The number of likely N-dealkylation sites (tertiary alicyclic amines) is 1. The minimum atomic E-state index is 0.0532. The molecule has 1 N–H and O–H groups in total. The SMILES string of the molecule is CC(C)c1noc(N2CCC(COc3ccc(C4=CCC(C(=O)N5CCC(=NO)CC5)CC4)cc3)CC2)n1. The van der Waals surface area contributed by atoms with Crippen LogP contribution < -0.4 is 9.64 Å². The van der Waals surface area contributed by atoms with Crippen molar-refractivity contribution in [1.82, 2.24) is 15.0 Å². The van der Waals surface area contributed by atoms with Crippen LogP contribution in [-0.4, -0.2) is 64.7 Å². The molecule has 3 aliphatic rings. The second kappa shape index (κ2) is 12.0. The van der Waals surface area contributed by atoms with Crippen LogP contribution in [0.5, 0.6) is 5.75 Å². The van der Waals surface area contributed by atoms with E-state index in [4.69, 9.17) is 14.5 Å². The van der Waals surface area contributed by atoms with Gasteiger partial charge in [0.05, 0.1) is 12.3 Å². The van der Waals surface area contributed by atoms with Crippen molar-refractivity contribution in [2.45, 2.75) is 64.7 Å². The lowest BCUT2D eigenvalue weighted by Gasteiger charge is -2.32. The molecule has 204 valence electrons. The molecule has 1 atom stereocenters. The summed E-state index contributed by atoms with van der Waals surface area (Å²) >= 11 is 0. The zero-order valence-electron chi connectivity index (χ0n) is 22.5. The summed E-state index contributed by atoms with van der Waals surface area (Å²) in [5.74, 6) is 2.73. The topological polar surface area (TPSA) is 104 Å². The van der Waals surface area contributed by atoms with Crippen molar-refractivity contribution in [1.29, 1.82) is 0 Å². The van der Waals surface area contributed by atoms with Crippen molar-refractivity contribution >= 4 is 23.2 Å². The maximum absolute atomic E-state index is 12.9. The lowest BCUT2D eigenvalue weighted by molar-refractivity contribution is -0.135. The monoisotopic (exact) mass is 521 g/mol. The smallest absolute Gasteiger partial charge is 0.324 e. The number of nitrogens with zero attached hydrogens (tertiary/aromatic N) is 5. The molecule has 2 saturated heterocycles. The number of hydrogen-bond acceptors (Lipinski definition) is 8. The Balaban J connectivity index is 1.06. The van der Waals surface area contributed by atoms with Gasteiger partial charge in [0.15, 0.2) is 5.82 Å². The molecule has 5 rings (SSSR count). The Labute approximate surface area is 224 Å². The molecule has 38 heavy (non-hydrogen) atoms. The third-order valence-corrected chi connectivity index (χ3v) is 8.10. The Kier molecular flexibility index (Phi) is 8.29. The first-order valence-electron chi connectivity index (χ1n) is 14.0. The minimum Gasteiger partial charge on any atom is -0.493 e. The Bertz CT molecular complexity index is 1140. The van der Waals surface area contributed by atoms with Gasteiger partial charge in [0.1, 0.15) is 5.75 Å². The Morgan fingerprint density at radius 2 is 1.84 bits per heavy atom. The van der Waals surface area contributed by atoms with Gasteiger partial charge in [-0.15, -0.1) is 0 Å². The van der Waals surface area contributed by atoms with Gasteiger partial charge in [0.25, 0.3) is 0 Å². The molecule has 1 aromatic heterocycles. The molecule has 2 fully saturated rings. The molecule has 0 saturated carbocycles. The Morgan fingerprint density at radius 3 is 2.45 bits per heavy atom. The molecule has 0 bridgehead atoms. The molecule has 2 aromatic rings. The van der Waals surface area contributed by atoms with E-state index in [0.29, 0.717) is 44.5 Å². The number of carbonyl (C=O) groups excluding carboxylic acids is 1. The number of ether oxygens (including phenoxy) is 1. The van der Waals surface area contributed by atoms with Crippen LogP contribution in [0.25, 0.3) is 5.57 Å². The van der Waals surface area contributed by atoms with Crippen LogP contribution in [0, 0.1) is 11.8 Å². The van der Waals surface area contributed by atoms with E-state index < -0.39 is 0 Å². The predicted molar refractivity (Wildman–Crippen MR) is 146 cm³/mol. The lowest BCUT2D eigenvalue weighted by atomic mass is 9.85. The fraction of sp³-hybridized carbons (Fsp3) is 0.586. The number of amides is 1. The molecule has 1 aliphatic carbocycles. The van der Waals surface area contributed by atoms with Crippen LogP contribution in [0.15, 0.2) is 40.0 Å². The van der Waals surface area contributed by atoms with E-state index in [1.807, 2.05) is 4.90 Å². The van der Waals surface area contributed by atoms with E-state index >= 15 is 0 Å². The van der Waals surface area contributed by atoms with Crippen molar-refractivity contribution in [2.24, 2.45) is 17.0 Å². The van der Waals surface area contributed by atoms with Gasteiger partial charge in [-0.1, -0.05) is 42.4 Å². The van der Waals surface area contributed by atoms with E-state index in [2.05, 4.69) is 64.4 Å². The molecule has 1 amide bonds. The number of piperidine rings is 2. The highest BCUT2D eigenvalue weighted by atomic mass is 16.5. The summed E-state index contributed by atoms with van der Waals surface area (Å²) in [5.41, 5.74) is 3.31. The van der Waals surface area contributed by atoms with E-state index in [-0.39, 0.29) is 17.7 Å². The zero-order valence-corrected chi connectivity index (χ0v) is 22.5. The zero-order chi connectivity index (χ0) is 26.5. The first-order valence-corrected chi connectivity index (χ1v) is 14.0. The molecule has 9 nitrogen and oxygen atoms in total. The number of carbonyl (C=O) groups is 1. The molecule has 1 aromatic carbocycles. The van der Waals surface area contributed by atoms with E-state index in [1.54, 1.807) is 0 Å². The summed E-state index contributed by atoms with van der Waals surface area (Å²) in [4.78, 5) is 21.5. The second-order valence-corrected chi connectivity index (χ2v) is 11.0. The molecule has 3 heterocycles. The maximum atomic E-state index is 12.9. The fourth-order valence-corrected chi connectivity index (χ4v) is 5.52. The summed E-state index contributed by atoms with van der Waals surface area (Å²) in [6.45, 7) is 7.96. The molecular formula is C29H39N5O4. The number of anilines is 1. The molecule has 2 aliphatic heterocycles. The normalized spacial score (nSPS) is 21.0. The van der Waals surface area contributed by atoms with Crippen LogP contribution in [0.2, 0.25) is 0 Å². The fourth-order valence-electron chi connectivity index (χ4n) is 5.52. The summed E-state index contributed by atoms with van der Waals surface area (Å²) in [5, 5.41) is 16.3. The number of allylic oxidation sites excluding steroid dienone is 2. The third kappa shape index (κ3) is 6.19. The number of oxime groups is 1. The standard InChI is InChI=1S/C29H39N5O4/c1-20(2)27-30-29(38-32-27)34-15-11-21(12-16-34)19-37-26-9-7-23(8-10-26)22-3-5-24(6-4-22)28(35)33-17-13-25(31-36)14-18-33/h3,7-10,20-21,24,36H,4-6,11-19H2,1-2H3. The summed E-state index contributed by atoms with van der Waals surface area (Å²) < 4.78 is 11.6. The highest BCUT2D eigenvalue weighted by Crippen LogP contribution is 2.33. The van der Waals surface area contributed by atoms with E-state index in [0.717, 1.165) is 62.5 Å². The van der Waals surface area contributed by atoms with Crippen LogP contribution in [0.3, 0.4) is 0 Å². The molecule has 0 spiro atoms. The Morgan fingerprint density at radius 1 is 1.11 bits per heavy atom.